The molecule has 0 bridgehead atoms. The van der Waals surface area contributed by atoms with Crippen LogP contribution in [0, 0.1) is 17.2 Å². The van der Waals surface area contributed by atoms with Gasteiger partial charge in [0.2, 0.25) is 5.91 Å². The van der Waals surface area contributed by atoms with Crippen LogP contribution in [0.3, 0.4) is 0 Å². The normalized spacial score (nSPS) is 24.0. The maximum absolute atomic E-state index is 13.7. The van der Waals surface area contributed by atoms with Crippen LogP contribution < -0.4 is 10.6 Å². The lowest BCUT2D eigenvalue weighted by molar-refractivity contribution is -0.124. The summed E-state index contributed by atoms with van der Waals surface area (Å²) in [6.45, 7) is 1.87. The number of nitrogens with one attached hydrogen (secondary N) is 2. The largest absolute Gasteiger partial charge is 0.357 e. The van der Waals surface area contributed by atoms with Crippen LogP contribution in [-0.4, -0.2) is 49.7 Å². The van der Waals surface area contributed by atoms with E-state index in [0.717, 1.165) is 32.2 Å². The molecule has 0 aromatic heterocycles. The Kier molecular flexibility index (Phi) is 7.31. The first-order chi connectivity index (χ1) is 17.9. The number of fused-ring (bicyclic) bond motifs is 1. The van der Waals surface area contributed by atoms with Crippen LogP contribution in [0.25, 0.3) is 0 Å². The molecular formula is C28H33N5O3S. The first kappa shape index (κ1) is 25.4. The fraction of sp³-hybridized carbons (Fsp3) is 0.464. The Morgan fingerprint density at radius 1 is 1.11 bits per heavy atom. The molecule has 2 heterocycles. The molecule has 3 aliphatic rings. The van der Waals surface area contributed by atoms with E-state index in [4.69, 9.17) is 0 Å². The minimum Gasteiger partial charge on any atom is -0.357 e. The monoisotopic (exact) mass is 519 g/mol. The van der Waals surface area contributed by atoms with Gasteiger partial charge in [-0.2, -0.15) is 13.7 Å². The maximum Gasteiger partial charge on any atom is 0.285 e. The Bertz CT molecular complexity index is 1310. The number of rotatable bonds is 7. The Hall–Kier alpha value is -3.22. The van der Waals surface area contributed by atoms with E-state index in [1.54, 1.807) is 18.2 Å². The Labute approximate surface area is 218 Å². The number of nitrogens with zero attached hydrogens (tertiary/aromatic N) is 3. The summed E-state index contributed by atoms with van der Waals surface area (Å²) in [7, 11) is -3.80. The molecule has 2 aromatic rings. The lowest BCUT2D eigenvalue weighted by atomic mass is 9.84. The Balaban J connectivity index is 1.33. The van der Waals surface area contributed by atoms with E-state index >= 15 is 0 Å². The van der Waals surface area contributed by atoms with Crippen LogP contribution in [0.2, 0.25) is 0 Å². The second-order valence-corrected chi connectivity index (χ2v) is 12.0. The van der Waals surface area contributed by atoms with Gasteiger partial charge in [0.15, 0.2) is 0 Å². The number of benzene rings is 2. The van der Waals surface area contributed by atoms with Crippen molar-refractivity contribution in [1.82, 2.24) is 15.5 Å². The van der Waals surface area contributed by atoms with Crippen molar-refractivity contribution >= 4 is 21.8 Å². The van der Waals surface area contributed by atoms with Crippen molar-refractivity contribution in [2.75, 3.05) is 13.1 Å². The molecule has 1 saturated carbocycles. The van der Waals surface area contributed by atoms with Gasteiger partial charge in [-0.05, 0) is 36.5 Å². The van der Waals surface area contributed by atoms with Crippen molar-refractivity contribution in [2.24, 2.45) is 10.3 Å². The third kappa shape index (κ3) is 5.71. The second-order valence-electron chi connectivity index (χ2n) is 10.5. The number of sulfonamides is 1. The molecule has 1 saturated heterocycles. The lowest BCUT2D eigenvalue weighted by Crippen LogP contribution is -2.56. The third-order valence-corrected chi connectivity index (χ3v) is 9.06. The van der Waals surface area contributed by atoms with Gasteiger partial charge < -0.3 is 10.6 Å². The van der Waals surface area contributed by atoms with Gasteiger partial charge in [0.05, 0.1) is 6.07 Å². The molecule has 2 unspecified atom stereocenters. The summed E-state index contributed by atoms with van der Waals surface area (Å²) in [4.78, 5) is 16.1. The third-order valence-electron chi connectivity index (χ3n) is 7.73. The van der Waals surface area contributed by atoms with Gasteiger partial charge >= 0.3 is 0 Å². The number of amidine groups is 1. The van der Waals surface area contributed by atoms with Crippen molar-refractivity contribution in [3.8, 4) is 6.07 Å². The van der Waals surface area contributed by atoms with Gasteiger partial charge in [0.25, 0.3) is 10.0 Å². The summed E-state index contributed by atoms with van der Waals surface area (Å²) < 4.78 is 29.1. The zero-order valence-electron chi connectivity index (χ0n) is 20.9. The van der Waals surface area contributed by atoms with Crippen LogP contribution >= 0.6 is 0 Å². The molecule has 1 aliphatic carbocycles. The number of hydrogen-bond acceptors (Lipinski definition) is 6. The van der Waals surface area contributed by atoms with E-state index in [1.165, 1.54) is 18.1 Å². The lowest BCUT2D eigenvalue weighted by Gasteiger charge is -2.30. The van der Waals surface area contributed by atoms with E-state index < -0.39 is 21.6 Å². The summed E-state index contributed by atoms with van der Waals surface area (Å²) >= 11 is 0. The number of carbonyl (C=O) groups is 1. The molecule has 9 heteroatoms. The molecular weight excluding hydrogens is 486 g/mol. The molecule has 0 radical (unpaired) electrons. The average Bonchev–Trinajstić information content (AvgIpc) is 3.42. The predicted molar refractivity (Wildman–Crippen MR) is 141 cm³/mol. The molecule has 0 spiro atoms. The van der Waals surface area contributed by atoms with Gasteiger partial charge in [-0.1, -0.05) is 74.6 Å². The van der Waals surface area contributed by atoms with Gasteiger partial charge in [-0.15, -0.1) is 4.40 Å². The van der Waals surface area contributed by atoms with Gasteiger partial charge in [-0.3, -0.25) is 9.69 Å². The Morgan fingerprint density at radius 2 is 1.84 bits per heavy atom. The zero-order chi connectivity index (χ0) is 25.9. The first-order valence-electron chi connectivity index (χ1n) is 13.1. The summed E-state index contributed by atoms with van der Waals surface area (Å²) in [6, 6.07) is 18.4. The molecule has 2 aliphatic heterocycles. The van der Waals surface area contributed by atoms with Crippen LogP contribution in [0.15, 0.2) is 63.9 Å². The van der Waals surface area contributed by atoms with Crippen LogP contribution in [0.4, 0.5) is 0 Å². The standard InChI is InChI=1S/C28H33N5O3S/c29-19-28(15-16-33(20-28)18-22-11-5-2-6-12-22)31-27(34)24(17-21-9-3-1-4-10-21)30-26-23-13-7-8-14-25(23)37(35,36)32-26/h2,5-8,11-14,21,24H,1,3-4,9-10,15-18,20H2,(H,30,32)(H,31,34). The zero-order valence-corrected chi connectivity index (χ0v) is 21.7. The predicted octanol–water partition coefficient (Wildman–Crippen LogP) is 3.35. The SMILES string of the molecule is N#CC1(NC(=O)C(CC2CCCCC2)NC2=NS(=O)(=O)c3ccccc32)CCN(Cc2ccccc2)C1. The van der Waals surface area contributed by atoms with Crippen LogP contribution in [0.1, 0.15) is 56.1 Å². The second kappa shape index (κ2) is 10.6. The van der Waals surface area contributed by atoms with E-state index in [-0.39, 0.29) is 16.6 Å². The van der Waals surface area contributed by atoms with Crippen molar-refractivity contribution in [2.45, 2.75) is 68.0 Å². The minimum atomic E-state index is -3.80. The summed E-state index contributed by atoms with van der Waals surface area (Å²) in [5.41, 5.74) is 0.659. The van der Waals surface area contributed by atoms with E-state index in [2.05, 4.69) is 38.1 Å². The van der Waals surface area contributed by atoms with Crippen LogP contribution in [0.5, 0.6) is 0 Å². The van der Waals surface area contributed by atoms with E-state index in [0.29, 0.717) is 37.4 Å². The number of nitriles is 1. The minimum absolute atomic E-state index is 0.148. The smallest absolute Gasteiger partial charge is 0.285 e. The van der Waals surface area contributed by atoms with Crippen molar-refractivity contribution in [3.63, 3.8) is 0 Å². The molecule has 2 atom stereocenters. The molecule has 37 heavy (non-hydrogen) atoms. The van der Waals surface area contributed by atoms with Crippen LogP contribution in [-0.2, 0) is 21.4 Å². The maximum atomic E-state index is 13.7. The number of hydrogen-bond donors (Lipinski definition) is 2. The summed E-state index contributed by atoms with van der Waals surface area (Å²) in [5.74, 6) is 0.287. The van der Waals surface area contributed by atoms with Gasteiger partial charge in [0.1, 0.15) is 22.3 Å². The fourth-order valence-electron chi connectivity index (χ4n) is 5.77. The average molecular weight is 520 g/mol. The highest BCUT2D eigenvalue weighted by Gasteiger charge is 2.42. The van der Waals surface area contributed by atoms with Gasteiger partial charge in [-0.25, -0.2) is 0 Å². The number of likely N-dealkylation sites (tertiary alicyclic amines) is 1. The molecule has 1 amide bonds. The molecule has 5 rings (SSSR count). The Morgan fingerprint density at radius 3 is 2.59 bits per heavy atom. The molecule has 2 N–H and O–H groups in total. The highest BCUT2D eigenvalue weighted by molar-refractivity contribution is 7.90. The molecule has 8 nitrogen and oxygen atoms in total. The summed E-state index contributed by atoms with van der Waals surface area (Å²) in [5, 5.41) is 16.4. The molecule has 194 valence electrons. The fourth-order valence-corrected chi connectivity index (χ4v) is 6.96. The quantitative estimate of drug-likeness (QED) is 0.580. The van der Waals surface area contributed by atoms with Crippen molar-refractivity contribution < 1.29 is 13.2 Å². The van der Waals surface area contributed by atoms with E-state index in [1.807, 2.05) is 18.2 Å². The van der Waals surface area contributed by atoms with Crippen molar-refractivity contribution in [3.05, 3.63) is 65.7 Å². The summed E-state index contributed by atoms with van der Waals surface area (Å²) in [6.07, 6.45) is 6.66. The number of carbonyl (C=O) groups excluding carboxylic acids is 1. The molecule has 2 fully saturated rings. The molecule has 2 aromatic carbocycles. The van der Waals surface area contributed by atoms with E-state index in [9.17, 15) is 18.5 Å². The first-order valence-corrected chi connectivity index (χ1v) is 14.5. The van der Waals surface area contributed by atoms with Crippen molar-refractivity contribution in [1.29, 1.82) is 5.26 Å². The highest BCUT2D eigenvalue weighted by atomic mass is 32.2. The topological polar surface area (TPSA) is 115 Å². The number of amides is 1. The highest BCUT2D eigenvalue weighted by Crippen LogP contribution is 2.30. The van der Waals surface area contributed by atoms with Gasteiger partial charge in [0, 0.05) is 25.2 Å².